The molecule has 6 rings (SSSR count). The average molecular weight is 449 g/mol. The predicted molar refractivity (Wildman–Crippen MR) is 113 cm³/mol. The largest absolute Gasteiger partial charge is 0.416 e. The van der Waals surface area contributed by atoms with Crippen molar-refractivity contribution in [2.75, 3.05) is 6.54 Å². The van der Waals surface area contributed by atoms with Gasteiger partial charge in [0.25, 0.3) is 0 Å². The standard InChI is InChI=1S/C25H31F3N2O2/c1-15(19-4-2-5-20(11-19)25(26,27)28)29-22(31)21-6-3-7-30(21)23(32)24-12-16-8-17(13-24)10-18(9-16)14-24/h2,4-5,11,15-18,21H,3,6-10,12-14H2,1H3,(H,29,31). The first-order valence-electron chi connectivity index (χ1n) is 11.9. The number of likely N-dealkylation sites (tertiary alicyclic amines) is 1. The van der Waals surface area contributed by atoms with Crippen LogP contribution in [-0.2, 0) is 15.8 Å². The lowest BCUT2D eigenvalue weighted by atomic mass is 9.49. The molecule has 4 aliphatic carbocycles. The Bertz CT molecular complexity index is 877. The Hall–Kier alpha value is -2.05. The lowest BCUT2D eigenvalue weighted by molar-refractivity contribution is -0.160. The number of amides is 2. The molecule has 2 atom stereocenters. The Kier molecular flexibility index (Phi) is 5.29. The lowest BCUT2D eigenvalue weighted by Gasteiger charge is -2.56. The van der Waals surface area contributed by atoms with Crippen LogP contribution >= 0.6 is 0 Å². The number of nitrogens with zero attached hydrogens (tertiary/aromatic N) is 1. The van der Waals surface area contributed by atoms with Gasteiger partial charge in [0.1, 0.15) is 6.04 Å². The fourth-order valence-corrected chi connectivity index (χ4v) is 7.34. The van der Waals surface area contributed by atoms with Gasteiger partial charge in [-0.3, -0.25) is 9.59 Å². The van der Waals surface area contributed by atoms with E-state index in [1.54, 1.807) is 17.9 Å². The van der Waals surface area contributed by atoms with E-state index in [2.05, 4.69) is 5.32 Å². The molecule has 174 valence electrons. The summed E-state index contributed by atoms with van der Waals surface area (Å²) in [7, 11) is 0. The summed E-state index contributed by atoms with van der Waals surface area (Å²) in [5.41, 5.74) is -0.606. The van der Waals surface area contributed by atoms with Crippen molar-refractivity contribution in [3.8, 4) is 0 Å². The Morgan fingerprint density at radius 3 is 2.31 bits per heavy atom. The molecule has 32 heavy (non-hydrogen) atoms. The second kappa shape index (κ2) is 7.77. The molecular weight excluding hydrogens is 417 g/mol. The van der Waals surface area contributed by atoms with Crippen molar-refractivity contribution in [3.63, 3.8) is 0 Å². The number of carbonyl (C=O) groups excluding carboxylic acids is 2. The summed E-state index contributed by atoms with van der Waals surface area (Å²) in [6.07, 6.45) is 3.62. The Morgan fingerprint density at radius 1 is 1.09 bits per heavy atom. The van der Waals surface area contributed by atoms with Crippen LogP contribution < -0.4 is 5.32 Å². The molecule has 4 nitrogen and oxygen atoms in total. The molecule has 1 aliphatic heterocycles. The highest BCUT2D eigenvalue weighted by Gasteiger charge is 2.56. The number of alkyl halides is 3. The Labute approximate surface area is 186 Å². The minimum atomic E-state index is -4.42. The summed E-state index contributed by atoms with van der Waals surface area (Å²) in [4.78, 5) is 28.7. The van der Waals surface area contributed by atoms with Crippen molar-refractivity contribution in [3.05, 3.63) is 35.4 Å². The number of rotatable bonds is 4. The monoisotopic (exact) mass is 448 g/mol. The van der Waals surface area contributed by atoms with Crippen LogP contribution in [0.4, 0.5) is 13.2 Å². The topological polar surface area (TPSA) is 49.4 Å². The number of carbonyl (C=O) groups is 2. The molecule has 4 saturated carbocycles. The summed E-state index contributed by atoms with van der Waals surface area (Å²) in [6, 6.07) is 3.97. The third kappa shape index (κ3) is 3.81. The van der Waals surface area contributed by atoms with E-state index in [1.807, 2.05) is 0 Å². The van der Waals surface area contributed by atoms with E-state index in [-0.39, 0.29) is 17.2 Å². The second-order valence-corrected chi connectivity index (χ2v) is 10.7. The maximum absolute atomic E-state index is 13.7. The van der Waals surface area contributed by atoms with Gasteiger partial charge in [0.15, 0.2) is 0 Å². The third-order valence-electron chi connectivity index (χ3n) is 8.38. The fraction of sp³-hybridized carbons (Fsp3) is 0.680. The number of hydrogen-bond donors (Lipinski definition) is 1. The quantitative estimate of drug-likeness (QED) is 0.698. The van der Waals surface area contributed by atoms with E-state index in [9.17, 15) is 22.8 Å². The molecule has 7 heteroatoms. The Balaban J connectivity index is 1.29. The van der Waals surface area contributed by atoms with E-state index in [0.29, 0.717) is 36.3 Å². The molecule has 1 saturated heterocycles. The van der Waals surface area contributed by atoms with Crippen molar-refractivity contribution in [2.24, 2.45) is 23.2 Å². The maximum Gasteiger partial charge on any atom is 0.416 e. The zero-order valence-electron chi connectivity index (χ0n) is 18.5. The fourth-order valence-electron chi connectivity index (χ4n) is 7.34. The molecular formula is C25H31F3N2O2. The zero-order chi connectivity index (χ0) is 22.7. The van der Waals surface area contributed by atoms with E-state index < -0.39 is 23.8 Å². The van der Waals surface area contributed by atoms with Crippen LogP contribution in [0, 0.1) is 23.2 Å². The molecule has 1 heterocycles. The molecule has 5 aliphatic rings. The number of hydrogen-bond acceptors (Lipinski definition) is 2. The summed E-state index contributed by atoms with van der Waals surface area (Å²) in [5.74, 6) is 1.86. The minimum Gasteiger partial charge on any atom is -0.348 e. The predicted octanol–water partition coefficient (Wildman–Crippen LogP) is 5.09. The van der Waals surface area contributed by atoms with Gasteiger partial charge in [-0.2, -0.15) is 13.2 Å². The molecule has 2 unspecified atom stereocenters. The van der Waals surface area contributed by atoms with Crippen molar-refractivity contribution in [1.82, 2.24) is 10.2 Å². The van der Waals surface area contributed by atoms with Crippen LogP contribution in [0.15, 0.2) is 24.3 Å². The first-order chi connectivity index (χ1) is 15.1. The lowest BCUT2D eigenvalue weighted by Crippen LogP contribution is -2.57. The van der Waals surface area contributed by atoms with Crippen LogP contribution in [0.2, 0.25) is 0 Å². The van der Waals surface area contributed by atoms with Crippen LogP contribution in [0.1, 0.15) is 75.5 Å². The second-order valence-electron chi connectivity index (χ2n) is 10.7. The highest BCUT2D eigenvalue weighted by atomic mass is 19.4. The van der Waals surface area contributed by atoms with E-state index in [4.69, 9.17) is 0 Å². The van der Waals surface area contributed by atoms with Crippen molar-refractivity contribution >= 4 is 11.8 Å². The van der Waals surface area contributed by atoms with Gasteiger partial charge in [-0.15, -0.1) is 0 Å². The van der Waals surface area contributed by atoms with Gasteiger partial charge in [0.2, 0.25) is 11.8 Å². The normalized spacial score (nSPS) is 34.6. The van der Waals surface area contributed by atoms with Gasteiger partial charge in [-0.1, -0.05) is 12.1 Å². The molecule has 2 amide bonds. The van der Waals surface area contributed by atoms with Gasteiger partial charge in [-0.05, 0) is 93.7 Å². The van der Waals surface area contributed by atoms with Gasteiger partial charge < -0.3 is 10.2 Å². The van der Waals surface area contributed by atoms with Crippen molar-refractivity contribution < 1.29 is 22.8 Å². The van der Waals surface area contributed by atoms with E-state index >= 15 is 0 Å². The van der Waals surface area contributed by atoms with Gasteiger partial charge in [0, 0.05) is 6.54 Å². The van der Waals surface area contributed by atoms with Crippen molar-refractivity contribution in [1.29, 1.82) is 0 Å². The van der Waals surface area contributed by atoms with E-state index in [0.717, 1.165) is 37.8 Å². The molecule has 0 radical (unpaired) electrons. The molecule has 0 aromatic heterocycles. The molecule has 1 N–H and O–H groups in total. The van der Waals surface area contributed by atoms with Gasteiger partial charge >= 0.3 is 6.18 Å². The first-order valence-corrected chi connectivity index (χ1v) is 11.9. The van der Waals surface area contributed by atoms with Crippen LogP contribution in [0.5, 0.6) is 0 Å². The van der Waals surface area contributed by atoms with Crippen LogP contribution in [-0.4, -0.2) is 29.3 Å². The van der Waals surface area contributed by atoms with Gasteiger partial charge in [-0.25, -0.2) is 0 Å². The maximum atomic E-state index is 13.7. The number of benzene rings is 1. The smallest absolute Gasteiger partial charge is 0.348 e. The molecule has 4 bridgehead atoms. The summed E-state index contributed by atoms with van der Waals surface area (Å²) < 4.78 is 39.2. The molecule has 5 fully saturated rings. The third-order valence-corrected chi connectivity index (χ3v) is 8.38. The zero-order valence-corrected chi connectivity index (χ0v) is 18.5. The highest BCUT2D eigenvalue weighted by Crippen LogP contribution is 2.60. The summed E-state index contributed by atoms with van der Waals surface area (Å²) in [6.45, 7) is 2.28. The molecule has 0 spiro atoms. The number of halogens is 3. The summed E-state index contributed by atoms with van der Waals surface area (Å²) >= 11 is 0. The highest BCUT2D eigenvalue weighted by molar-refractivity contribution is 5.91. The van der Waals surface area contributed by atoms with Gasteiger partial charge in [0.05, 0.1) is 17.0 Å². The summed E-state index contributed by atoms with van der Waals surface area (Å²) in [5, 5.41) is 2.88. The van der Waals surface area contributed by atoms with Crippen LogP contribution in [0.3, 0.4) is 0 Å². The van der Waals surface area contributed by atoms with E-state index in [1.165, 1.54) is 25.3 Å². The first kappa shape index (κ1) is 21.8. The average Bonchev–Trinajstić information content (AvgIpc) is 3.21. The van der Waals surface area contributed by atoms with Crippen molar-refractivity contribution in [2.45, 2.75) is 76.6 Å². The SMILES string of the molecule is CC(NC(=O)C1CCCN1C(=O)C12CC3CC(CC(C3)C1)C2)c1cccc(C(F)(F)F)c1. The Morgan fingerprint density at radius 2 is 1.72 bits per heavy atom. The minimum absolute atomic E-state index is 0.154. The molecule has 1 aromatic carbocycles. The molecule has 1 aromatic rings. The van der Waals surface area contributed by atoms with Crippen LogP contribution in [0.25, 0.3) is 0 Å². The number of nitrogens with one attached hydrogen (secondary N) is 1.